The van der Waals surface area contributed by atoms with Crippen LogP contribution in [0.1, 0.15) is 5.56 Å². The Balaban J connectivity index is 1.98. The first kappa shape index (κ1) is 13.6. The first-order valence-corrected chi connectivity index (χ1v) is 6.26. The number of nitrogens with zero attached hydrogens (tertiary/aromatic N) is 1. The number of rotatable bonds is 4. The van der Waals surface area contributed by atoms with E-state index >= 15 is 0 Å². The van der Waals surface area contributed by atoms with E-state index in [9.17, 15) is 0 Å². The zero-order valence-electron chi connectivity index (χ0n) is 9.98. The molecule has 2 rings (SSSR count). The molecule has 0 aromatic heterocycles. The van der Waals surface area contributed by atoms with E-state index in [1.165, 1.54) is 0 Å². The average Bonchev–Trinajstić information content (AvgIpc) is 2.85. The average molecular weight is 298 g/mol. The smallest absolute Gasteiger partial charge is 0.231 e. The van der Waals surface area contributed by atoms with E-state index in [0.717, 1.165) is 5.56 Å². The minimum absolute atomic E-state index is 0.184. The number of thiocarbonyl (C=S) groups is 1. The highest BCUT2D eigenvalue weighted by Crippen LogP contribution is 2.39. The Bertz CT molecular complexity index is 534. The summed E-state index contributed by atoms with van der Waals surface area (Å²) < 4.78 is 10.5. The van der Waals surface area contributed by atoms with Crippen LogP contribution in [-0.4, -0.2) is 24.7 Å². The summed E-state index contributed by atoms with van der Waals surface area (Å²) >= 11 is 11.0. The third kappa shape index (κ3) is 3.59. The zero-order valence-corrected chi connectivity index (χ0v) is 11.6. The molecule has 0 saturated carbocycles. The summed E-state index contributed by atoms with van der Waals surface area (Å²) in [6, 6.07) is 3.53. The van der Waals surface area contributed by atoms with Gasteiger partial charge in [-0.25, -0.2) is 0 Å². The van der Waals surface area contributed by atoms with Crippen molar-refractivity contribution in [2.24, 2.45) is 5.10 Å². The monoisotopic (exact) mass is 297 g/mol. The second-order valence-electron chi connectivity index (χ2n) is 3.61. The van der Waals surface area contributed by atoms with Crippen LogP contribution in [0.3, 0.4) is 0 Å². The fourth-order valence-corrected chi connectivity index (χ4v) is 1.84. The van der Waals surface area contributed by atoms with Crippen molar-refractivity contribution < 1.29 is 9.47 Å². The molecule has 0 aliphatic carbocycles. The topological polar surface area (TPSA) is 54.9 Å². The molecule has 0 amide bonds. The molecule has 100 valence electrons. The molecule has 1 aromatic rings. The zero-order chi connectivity index (χ0) is 13.7. The van der Waals surface area contributed by atoms with Crippen LogP contribution in [0.25, 0.3) is 0 Å². The second-order valence-corrected chi connectivity index (χ2v) is 4.42. The molecule has 1 aliphatic rings. The van der Waals surface area contributed by atoms with E-state index in [1.807, 2.05) is 0 Å². The summed E-state index contributed by atoms with van der Waals surface area (Å²) in [6.45, 7) is 4.34. The molecular formula is C12H12ClN3O2S. The van der Waals surface area contributed by atoms with Gasteiger partial charge in [-0.05, 0) is 29.9 Å². The molecule has 0 radical (unpaired) electrons. The first-order valence-electron chi connectivity index (χ1n) is 5.47. The van der Waals surface area contributed by atoms with Crippen LogP contribution in [-0.2, 0) is 0 Å². The van der Waals surface area contributed by atoms with E-state index in [0.29, 0.717) is 28.2 Å². The van der Waals surface area contributed by atoms with Crippen LogP contribution in [0.5, 0.6) is 11.5 Å². The minimum atomic E-state index is 0.184. The van der Waals surface area contributed by atoms with Crippen molar-refractivity contribution in [1.29, 1.82) is 0 Å². The van der Waals surface area contributed by atoms with Gasteiger partial charge in [-0.1, -0.05) is 17.7 Å². The van der Waals surface area contributed by atoms with Gasteiger partial charge in [0, 0.05) is 6.54 Å². The third-order valence-corrected chi connectivity index (χ3v) is 2.75. The molecule has 0 fully saturated rings. The Morgan fingerprint density at radius 1 is 1.53 bits per heavy atom. The number of benzene rings is 1. The van der Waals surface area contributed by atoms with Crippen LogP contribution < -0.4 is 20.2 Å². The van der Waals surface area contributed by atoms with E-state index in [4.69, 9.17) is 33.3 Å². The third-order valence-electron chi connectivity index (χ3n) is 2.24. The van der Waals surface area contributed by atoms with Gasteiger partial charge in [0.25, 0.3) is 0 Å². The van der Waals surface area contributed by atoms with Gasteiger partial charge in [0.05, 0.1) is 11.2 Å². The SMILES string of the molecule is C=CCNC(=S)N/N=C\c1cc(Cl)c2c(c1)OCO2. The second kappa shape index (κ2) is 6.40. The largest absolute Gasteiger partial charge is 0.454 e. The number of hydrogen-bond acceptors (Lipinski definition) is 4. The minimum Gasteiger partial charge on any atom is -0.454 e. The maximum Gasteiger partial charge on any atom is 0.231 e. The maximum atomic E-state index is 6.05. The molecule has 0 spiro atoms. The Morgan fingerprint density at radius 2 is 2.37 bits per heavy atom. The Labute approximate surface area is 121 Å². The molecule has 7 heteroatoms. The van der Waals surface area contributed by atoms with E-state index in [-0.39, 0.29) is 6.79 Å². The maximum absolute atomic E-state index is 6.05. The highest BCUT2D eigenvalue weighted by atomic mass is 35.5. The predicted molar refractivity (Wildman–Crippen MR) is 79.1 cm³/mol. The number of fused-ring (bicyclic) bond motifs is 1. The molecule has 1 aromatic carbocycles. The van der Waals surface area contributed by atoms with E-state index < -0.39 is 0 Å². The Kier molecular flexibility index (Phi) is 4.59. The molecular weight excluding hydrogens is 286 g/mol. The van der Waals surface area contributed by atoms with E-state index in [2.05, 4.69) is 22.4 Å². The predicted octanol–water partition coefficient (Wildman–Crippen LogP) is 2.05. The Hall–Kier alpha value is -1.79. The fraction of sp³-hybridized carbons (Fsp3) is 0.167. The van der Waals surface area contributed by atoms with Crippen LogP contribution >= 0.6 is 23.8 Å². The van der Waals surface area contributed by atoms with Gasteiger partial charge in [0.1, 0.15) is 0 Å². The lowest BCUT2D eigenvalue weighted by Crippen LogP contribution is -2.31. The molecule has 5 nitrogen and oxygen atoms in total. The summed E-state index contributed by atoms with van der Waals surface area (Å²) in [5, 5.41) is 7.79. The fourth-order valence-electron chi connectivity index (χ4n) is 1.43. The van der Waals surface area contributed by atoms with Crippen LogP contribution in [0.4, 0.5) is 0 Å². The van der Waals surface area contributed by atoms with Crippen molar-refractivity contribution in [2.75, 3.05) is 13.3 Å². The number of nitrogens with one attached hydrogen (secondary N) is 2. The highest BCUT2D eigenvalue weighted by Gasteiger charge is 2.17. The van der Waals surface area contributed by atoms with Gasteiger partial charge in [-0.3, -0.25) is 5.43 Å². The normalized spacial score (nSPS) is 12.5. The summed E-state index contributed by atoms with van der Waals surface area (Å²) in [5.41, 5.74) is 3.47. The highest BCUT2D eigenvalue weighted by molar-refractivity contribution is 7.80. The molecule has 0 atom stereocenters. The van der Waals surface area contributed by atoms with Crippen molar-refractivity contribution >= 4 is 35.1 Å². The first-order chi connectivity index (χ1) is 9.20. The summed E-state index contributed by atoms with van der Waals surface area (Å²) in [5.74, 6) is 1.18. The molecule has 0 saturated heterocycles. The number of hydrogen-bond donors (Lipinski definition) is 2. The summed E-state index contributed by atoms with van der Waals surface area (Å²) in [7, 11) is 0. The van der Waals surface area contributed by atoms with Crippen molar-refractivity contribution in [3.05, 3.63) is 35.4 Å². The van der Waals surface area contributed by atoms with Crippen molar-refractivity contribution in [3.8, 4) is 11.5 Å². The lowest BCUT2D eigenvalue weighted by Gasteiger charge is -2.04. The van der Waals surface area contributed by atoms with Crippen LogP contribution in [0.15, 0.2) is 29.9 Å². The quantitative estimate of drug-likeness (QED) is 0.386. The molecule has 19 heavy (non-hydrogen) atoms. The molecule has 0 bridgehead atoms. The van der Waals surface area contributed by atoms with Gasteiger partial charge < -0.3 is 14.8 Å². The van der Waals surface area contributed by atoms with Crippen molar-refractivity contribution in [2.45, 2.75) is 0 Å². The van der Waals surface area contributed by atoms with Crippen LogP contribution in [0.2, 0.25) is 5.02 Å². The van der Waals surface area contributed by atoms with Crippen molar-refractivity contribution in [3.63, 3.8) is 0 Å². The molecule has 1 aliphatic heterocycles. The van der Waals surface area contributed by atoms with Crippen LogP contribution in [0, 0.1) is 0 Å². The van der Waals surface area contributed by atoms with E-state index in [1.54, 1.807) is 24.4 Å². The molecule has 2 N–H and O–H groups in total. The van der Waals surface area contributed by atoms with Gasteiger partial charge in [0.15, 0.2) is 16.6 Å². The van der Waals surface area contributed by atoms with Gasteiger partial charge in [0.2, 0.25) is 6.79 Å². The number of halogens is 1. The van der Waals surface area contributed by atoms with Gasteiger partial charge in [-0.15, -0.1) is 6.58 Å². The Morgan fingerprint density at radius 3 is 3.16 bits per heavy atom. The number of ether oxygens (including phenoxy) is 2. The standard InChI is InChI=1S/C12H12ClN3O2S/c1-2-3-14-12(19)16-15-6-8-4-9(13)11-10(5-8)17-7-18-11/h2,4-6H,1,3,7H2,(H2,14,16,19)/b15-6-. The molecule has 0 unspecified atom stereocenters. The lowest BCUT2D eigenvalue weighted by atomic mass is 10.2. The van der Waals surface area contributed by atoms with Gasteiger partial charge >= 0.3 is 0 Å². The van der Waals surface area contributed by atoms with Crippen molar-refractivity contribution in [1.82, 2.24) is 10.7 Å². The summed E-state index contributed by atoms with van der Waals surface area (Å²) in [4.78, 5) is 0. The summed E-state index contributed by atoms with van der Waals surface area (Å²) in [6.07, 6.45) is 3.30. The lowest BCUT2D eigenvalue weighted by molar-refractivity contribution is 0.174. The van der Waals surface area contributed by atoms with Gasteiger partial charge in [-0.2, -0.15) is 5.10 Å². The molecule has 1 heterocycles. The number of hydrazone groups is 1.